The zero-order valence-corrected chi connectivity index (χ0v) is 21.1. The minimum Gasteiger partial charge on any atom is -0.497 e. The molecule has 0 bridgehead atoms. The summed E-state index contributed by atoms with van der Waals surface area (Å²) in [5, 5.41) is 3.88. The molecule has 0 unspecified atom stereocenters. The first kappa shape index (κ1) is 23.1. The number of thiophene rings is 1. The first-order valence-corrected chi connectivity index (χ1v) is 12.9. The molecule has 1 amide bonds. The number of thiazole rings is 1. The van der Waals surface area contributed by atoms with Gasteiger partial charge < -0.3 is 14.2 Å². The zero-order chi connectivity index (χ0) is 23.7. The molecule has 4 aromatic rings. The number of ether oxygens (including phenoxy) is 3. The second-order valence-corrected chi connectivity index (χ2v) is 10.1. The Bertz CT molecular complexity index is 1330. The van der Waals surface area contributed by atoms with Crippen LogP contribution in [0.25, 0.3) is 21.3 Å². The van der Waals surface area contributed by atoms with E-state index in [1.807, 2.05) is 47.8 Å². The summed E-state index contributed by atoms with van der Waals surface area (Å²) in [6.45, 7) is 1.13. The van der Waals surface area contributed by atoms with E-state index in [9.17, 15) is 4.79 Å². The van der Waals surface area contributed by atoms with Crippen molar-refractivity contribution in [3.63, 3.8) is 0 Å². The van der Waals surface area contributed by atoms with E-state index in [4.69, 9.17) is 30.8 Å². The average molecular weight is 515 g/mol. The van der Waals surface area contributed by atoms with Gasteiger partial charge in [0.2, 0.25) is 0 Å². The maximum Gasteiger partial charge on any atom is 0.271 e. The number of carbonyl (C=O) groups is 1. The Morgan fingerprint density at radius 3 is 2.82 bits per heavy atom. The van der Waals surface area contributed by atoms with Crippen LogP contribution in [-0.4, -0.2) is 44.4 Å². The van der Waals surface area contributed by atoms with Gasteiger partial charge in [-0.2, -0.15) is 0 Å². The summed E-state index contributed by atoms with van der Waals surface area (Å²) in [6, 6.07) is 13.4. The lowest BCUT2D eigenvalue weighted by molar-refractivity contribution is 0.0921. The van der Waals surface area contributed by atoms with Crippen LogP contribution in [0.2, 0.25) is 5.02 Å². The quantitative estimate of drug-likeness (QED) is 0.281. The van der Waals surface area contributed by atoms with Gasteiger partial charge in [-0.1, -0.05) is 29.8 Å². The molecule has 1 aliphatic rings. The van der Waals surface area contributed by atoms with Crippen molar-refractivity contribution < 1.29 is 19.0 Å². The lowest BCUT2D eigenvalue weighted by Crippen LogP contribution is -2.37. The number of hydrogen-bond acceptors (Lipinski definition) is 7. The largest absolute Gasteiger partial charge is 0.497 e. The van der Waals surface area contributed by atoms with Crippen LogP contribution >= 0.6 is 34.3 Å². The third-order valence-corrected chi connectivity index (χ3v) is 8.32. The summed E-state index contributed by atoms with van der Waals surface area (Å²) in [7, 11) is 3.24. The summed E-state index contributed by atoms with van der Waals surface area (Å²) in [5.74, 6) is 1.22. The summed E-state index contributed by atoms with van der Waals surface area (Å²) in [6.07, 6.45) is 1.86. The number of aromatic nitrogens is 1. The number of amides is 1. The molecule has 1 aliphatic heterocycles. The smallest absolute Gasteiger partial charge is 0.271 e. The fourth-order valence-corrected chi connectivity index (χ4v) is 6.33. The van der Waals surface area contributed by atoms with Gasteiger partial charge >= 0.3 is 0 Å². The first-order chi connectivity index (χ1) is 16.6. The number of halogens is 1. The zero-order valence-electron chi connectivity index (χ0n) is 18.7. The highest BCUT2D eigenvalue weighted by Gasteiger charge is 2.30. The fraction of sp³-hybridized carbons (Fsp3) is 0.280. The van der Waals surface area contributed by atoms with E-state index in [0.29, 0.717) is 45.4 Å². The van der Waals surface area contributed by atoms with Gasteiger partial charge in [0.15, 0.2) is 5.13 Å². The normalized spacial score (nSPS) is 15.6. The average Bonchev–Trinajstić information content (AvgIpc) is 3.63. The molecule has 176 valence electrons. The Balaban J connectivity index is 1.54. The van der Waals surface area contributed by atoms with E-state index in [-0.39, 0.29) is 12.0 Å². The summed E-state index contributed by atoms with van der Waals surface area (Å²) in [5.41, 5.74) is 1.51. The molecule has 0 radical (unpaired) electrons. The molecule has 34 heavy (non-hydrogen) atoms. The second-order valence-electron chi connectivity index (χ2n) is 7.87. The number of methoxy groups -OCH3 is 2. The van der Waals surface area contributed by atoms with E-state index >= 15 is 0 Å². The molecule has 0 aliphatic carbocycles. The minimum absolute atomic E-state index is 0.0317. The SMILES string of the molecule is COc1ccc(OC)c(-c2csc(N(C[C@H]3CCCO3)C(=O)c3sc4ccccc4c3Cl)n2)c1. The number of hydrogen-bond donors (Lipinski definition) is 0. The van der Waals surface area contributed by atoms with Gasteiger partial charge in [0.1, 0.15) is 16.4 Å². The molecule has 0 spiro atoms. The molecule has 2 aromatic heterocycles. The van der Waals surface area contributed by atoms with Crippen LogP contribution in [0.15, 0.2) is 47.8 Å². The third kappa shape index (κ3) is 4.38. The Hall–Kier alpha value is -2.65. The van der Waals surface area contributed by atoms with Crippen molar-refractivity contribution in [1.29, 1.82) is 0 Å². The van der Waals surface area contributed by atoms with Crippen LogP contribution in [0, 0.1) is 0 Å². The van der Waals surface area contributed by atoms with E-state index in [1.165, 1.54) is 22.7 Å². The van der Waals surface area contributed by atoms with Gasteiger partial charge in [-0.15, -0.1) is 22.7 Å². The predicted molar refractivity (Wildman–Crippen MR) is 138 cm³/mol. The topological polar surface area (TPSA) is 60.9 Å². The van der Waals surface area contributed by atoms with Gasteiger partial charge in [0, 0.05) is 27.6 Å². The molecule has 6 nitrogen and oxygen atoms in total. The molecule has 9 heteroatoms. The molecule has 1 saturated heterocycles. The van der Waals surface area contributed by atoms with Crippen molar-refractivity contribution in [2.45, 2.75) is 18.9 Å². The molecule has 3 heterocycles. The van der Waals surface area contributed by atoms with Crippen LogP contribution in [-0.2, 0) is 4.74 Å². The Labute approximate surface area is 210 Å². The number of anilines is 1. The predicted octanol–water partition coefficient (Wildman–Crippen LogP) is 6.52. The molecular weight excluding hydrogens is 492 g/mol. The van der Waals surface area contributed by atoms with Crippen LogP contribution < -0.4 is 14.4 Å². The third-order valence-electron chi connectivity index (χ3n) is 5.79. The number of carbonyl (C=O) groups excluding carboxylic acids is 1. The number of nitrogens with zero attached hydrogens (tertiary/aromatic N) is 2. The molecule has 2 aromatic carbocycles. The van der Waals surface area contributed by atoms with Crippen molar-refractivity contribution in [3.8, 4) is 22.8 Å². The van der Waals surface area contributed by atoms with Gasteiger partial charge in [-0.25, -0.2) is 4.98 Å². The molecular formula is C25H23ClN2O4S2. The van der Waals surface area contributed by atoms with Crippen LogP contribution in [0.4, 0.5) is 5.13 Å². The van der Waals surface area contributed by atoms with Gasteiger partial charge in [0.25, 0.3) is 5.91 Å². The lowest BCUT2D eigenvalue weighted by atomic mass is 10.1. The monoisotopic (exact) mass is 514 g/mol. The fourth-order valence-electron chi connectivity index (χ4n) is 4.04. The number of fused-ring (bicyclic) bond motifs is 1. The molecule has 1 atom stereocenters. The highest BCUT2D eigenvalue weighted by Crippen LogP contribution is 2.39. The van der Waals surface area contributed by atoms with Crippen LogP contribution in [0.3, 0.4) is 0 Å². The van der Waals surface area contributed by atoms with Crippen molar-refractivity contribution in [2.75, 3.05) is 32.3 Å². The Morgan fingerprint density at radius 2 is 2.09 bits per heavy atom. The van der Waals surface area contributed by atoms with Gasteiger partial charge in [0.05, 0.1) is 37.6 Å². The van der Waals surface area contributed by atoms with Gasteiger partial charge in [-0.05, 0) is 37.1 Å². The van der Waals surface area contributed by atoms with Crippen LogP contribution in [0.5, 0.6) is 11.5 Å². The van der Waals surface area contributed by atoms with Crippen LogP contribution in [0.1, 0.15) is 22.5 Å². The maximum absolute atomic E-state index is 13.8. The van der Waals surface area contributed by atoms with Crippen molar-refractivity contribution >= 4 is 55.4 Å². The Kier molecular flexibility index (Phi) is 6.74. The first-order valence-electron chi connectivity index (χ1n) is 10.9. The summed E-state index contributed by atoms with van der Waals surface area (Å²) < 4.78 is 17.8. The van der Waals surface area contributed by atoms with E-state index in [0.717, 1.165) is 28.5 Å². The Morgan fingerprint density at radius 1 is 1.24 bits per heavy atom. The number of benzene rings is 2. The van der Waals surface area contributed by atoms with Crippen molar-refractivity contribution in [3.05, 3.63) is 57.7 Å². The highest BCUT2D eigenvalue weighted by atomic mass is 35.5. The highest BCUT2D eigenvalue weighted by molar-refractivity contribution is 7.22. The molecule has 0 saturated carbocycles. The van der Waals surface area contributed by atoms with Crippen molar-refractivity contribution in [1.82, 2.24) is 4.98 Å². The van der Waals surface area contributed by atoms with E-state index in [1.54, 1.807) is 19.1 Å². The molecule has 1 fully saturated rings. The van der Waals surface area contributed by atoms with E-state index in [2.05, 4.69) is 0 Å². The summed E-state index contributed by atoms with van der Waals surface area (Å²) >= 11 is 9.47. The number of rotatable bonds is 7. The summed E-state index contributed by atoms with van der Waals surface area (Å²) in [4.78, 5) is 20.9. The minimum atomic E-state index is -0.166. The molecule has 5 rings (SSSR count). The maximum atomic E-state index is 13.8. The molecule has 0 N–H and O–H groups in total. The second kappa shape index (κ2) is 9.92. The van der Waals surface area contributed by atoms with E-state index < -0.39 is 0 Å². The van der Waals surface area contributed by atoms with Crippen molar-refractivity contribution in [2.24, 2.45) is 0 Å². The van der Waals surface area contributed by atoms with Gasteiger partial charge in [-0.3, -0.25) is 9.69 Å². The standard InChI is InChI=1S/C25H23ClN2O4S2/c1-30-15-9-10-20(31-2)18(12-15)19-14-33-25(27-19)28(13-16-6-5-11-32-16)24(29)23-22(26)17-7-3-4-8-21(17)34-23/h3-4,7-10,12,14,16H,5-6,11,13H2,1-2H3/t16-/m1/s1. The lowest BCUT2D eigenvalue weighted by Gasteiger charge is -2.22.